The molecule has 1 atom stereocenters. The Morgan fingerprint density at radius 3 is 2.64 bits per heavy atom. The number of amides is 2. The van der Waals surface area contributed by atoms with E-state index in [1.54, 1.807) is 4.90 Å². The predicted octanol–water partition coefficient (Wildman–Crippen LogP) is 2.27. The lowest BCUT2D eigenvalue weighted by Crippen LogP contribution is -2.45. The van der Waals surface area contributed by atoms with Gasteiger partial charge in [0.25, 0.3) is 5.91 Å². The Hall–Kier alpha value is -2.37. The van der Waals surface area contributed by atoms with Crippen LogP contribution in [0.1, 0.15) is 44.3 Å². The van der Waals surface area contributed by atoms with E-state index in [9.17, 15) is 9.59 Å². The number of likely N-dealkylation sites (tertiary alicyclic amines) is 1. The largest absolute Gasteiger partial charge is 0.387 e. The number of carbonyl (C=O) groups excluding carboxylic acids is 2. The van der Waals surface area contributed by atoms with Crippen molar-refractivity contribution in [1.29, 1.82) is 0 Å². The first-order valence-corrected chi connectivity index (χ1v) is 9.03. The summed E-state index contributed by atoms with van der Waals surface area (Å²) >= 11 is 0. The number of piperidine rings is 1. The van der Waals surface area contributed by atoms with Crippen molar-refractivity contribution in [3.63, 3.8) is 0 Å². The van der Waals surface area contributed by atoms with Gasteiger partial charge in [-0.3, -0.25) is 9.59 Å². The molecule has 1 aromatic carbocycles. The van der Waals surface area contributed by atoms with Gasteiger partial charge in [-0.25, -0.2) is 0 Å². The standard InChI is InChI=1S/C19H25N3O3/c1-2-10-20-18(23)15-8-11-22(12-9-15)19(24)16-13-17(25-21-16)14-6-4-3-5-7-14/h3-7,15,17H,2,8-13H2,1H3,(H,20,23). The van der Waals surface area contributed by atoms with Gasteiger partial charge in [0.15, 0.2) is 6.10 Å². The summed E-state index contributed by atoms with van der Waals surface area (Å²) in [5.74, 6) is 0.0555. The van der Waals surface area contributed by atoms with Gasteiger partial charge in [-0.2, -0.15) is 0 Å². The summed E-state index contributed by atoms with van der Waals surface area (Å²) in [5.41, 5.74) is 1.50. The first-order chi connectivity index (χ1) is 12.2. The zero-order valence-corrected chi connectivity index (χ0v) is 14.6. The Kier molecular flexibility index (Phi) is 5.68. The fourth-order valence-corrected chi connectivity index (χ4v) is 3.27. The van der Waals surface area contributed by atoms with Crippen molar-refractivity contribution in [1.82, 2.24) is 10.2 Å². The molecule has 25 heavy (non-hydrogen) atoms. The maximum Gasteiger partial charge on any atom is 0.271 e. The Bertz CT molecular complexity index is 637. The van der Waals surface area contributed by atoms with Crippen molar-refractivity contribution >= 4 is 17.5 Å². The van der Waals surface area contributed by atoms with Gasteiger partial charge in [0.05, 0.1) is 0 Å². The van der Waals surface area contributed by atoms with Crippen molar-refractivity contribution in [2.24, 2.45) is 11.1 Å². The van der Waals surface area contributed by atoms with Gasteiger partial charge in [0.2, 0.25) is 5.91 Å². The van der Waals surface area contributed by atoms with Gasteiger partial charge in [0.1, 0.15) is 5.71 Å². The highest BCUT2D eigenvalue weighted by Gasteiger charge is 2.33. The second kappa shape index (κ2) is 8.14. The Morgan fingerprint density at radius 1 is 1.24 bits per heavy atom. The molecule has 1 unspecified atom stereocenters. The zero-order valence-electron chi connectivity index (χ0n) is 14.6. The first-order valence-electron chi connectivity index (χ1n) is 9.03. The molecule has 0 aliphatic carbocycles. The molecule has 0 spiro atoms. The molecule has 134 valence electrons. The summed E-state index contributed by atoms with van der Waals surface area (Å²) in [6.45, 7) is 3.94. The molecule has 2 aliphatic rings. The zero-order chi connectivity index (χ0) is 17.6. The van der Waals surface area contributed by atoms with Crippen molar-refractivity contribution in [2.45, 2.75) is 38.7 Å². The van der Waals surface area contributed by atoms with Gasteiger partial charge < -0.3 is 15.1 Å². The molecule has 2 heterocycles. The van der Waals surface area contributed by atoms with Crippen LogP contribution in [0.3, 0.4) is 0 Å². The SMILES string of the molecule is CCCNC(=O)C1CCN(C(=O)C2=NOC(c3ccccc3)C2)CC1. The van der Waals surface area contributed by atoms with Gasteiger partial charge >= 0.3 is 0 Å². The molecular formula is C19H25N3O3. The number of benzene rings is 1. The number of oxime groups is 1. The lowest BCUT2D eigenvalue weighted by molar-refractivity contribution is -0.131. The van der Waals surface area contributed by atoms with E-state index < -0.39 is 0 Å². The quantitative estimate of drug-likeness (QED) is 0.891. The third kappa shape index (κ3) is 4.18. The van der Waals surface area contributed by atoms with E-state index in [4.69, 9.17) is 4.84 Å². The van der Waals surface area contributed by atoms with Gasteiger partial charge in [-0.15, -0.1) is 0 Å². The van der Waals surface area contributed by atoms with Crippen molar-refractivity contribution in [3.8, 4) is 0 Å². The maximum atomic E-state index is 12.6. The van der Waals surface area contributed by atoms with Gasteiger partial charge in [0, 0.05) is 32.0 Å². The van der Waals surface area contributed by atoms with Crippen LogP contribution in [-0.4, -0.2) is 42.1 Å². The molecule has 2 aliphatic heterocycles. The van der Waals surface area contributed by atoms with E-state index in [2.05, 4.69) is 10.5 Å². The molecule has 1 fully saturated rings. The van der Waals surface area contributed by atoms with Crippen LogP contribution in [0.5, 0.6) is 0 Å². The average Bonchev–Trinajstić information content (AvgIpc) is 3.16. The molecule has 1 N–H and O–H groups in total. The Balaban J connectivity index is 1.49. The summed E-state index contributed by atoms with van der Waals surface area (Å²) in [7, 11) is 0. The van der Waals surface area contributed by atoms with Crippen LogP contribution in [-0.2, 0) is 14.4 Å². The number of hydrogen-bond donors (Lipinski definition) is 1. The summed E-state index contributed by atoms with van der Waals surface area (Å²) in [6.07, 6.45) is 2.66. The number of carbonyl (C=O) groups is 2. The number of nitrogens with one attached hydrogen (secondary N) is 1. The van der Waals surface area contributed by atoms with Crippen molar-refractivity contribution < 1.29 is 14.4 Å². The topological polar surface area (TPSA) is 71.0 Å². The molecule has 6 heteroatoms. The Labute approximate surface area is 148 Å². The minimum absolute atomic E-state index is 0.00874. The van der Waals surface area contributed by atoms with E-state index in [1.165, 1.54) is 0 Å². The summed E-state index contributed by atoms with van der Waals surface area (Å²) in [6, 6.07) is 9.81. The molecule has 1 aromatic rings. The van der Waals surface area contributed by atoms with Crippen molar-refractivity contribution in [2.75, 3.05) is 19.6 Å². The second-order valence-corrected chi connectivity index (χ2v) is 6.60. The van der Waals surface area contributed by atoms with E-state index in [1.807, 2.05) is 37.3 Å². The van der Waals surface area contributed by atoms with Crippen LogP contribution in [0, 0.1) is 5.92 Å². The number of hydrogen-bond acceptors (Lipinski definition) is 4. The molecule has 1 saturated heterocycles. The van der Waals surface area contributed by atoms with Crippen LogP contribution in [0.15, 0.2) is 35.5 Å². The fraction of sp³-hybridized carbons (Fsp3) is 0.526. The predicted molar refractivity (Wildman–Crippen MR) is 94.9 cm³/mol. The highest BCUT2D eigenvalue weighted by atomic mass is 16.6. The highest BCUT2D eigenvalue weighted by Crippen LogP contribution is 2.28. The lowest BCUT2D eigenvalue weighted by Gasteiger charge is -2.31. The summed E-state index contributed by atoms with van der Waals surface area (Å²) in [5, 5.41) is 6.95. The summed E-state index contributed by atoms with van der Waals surface area (Å²) in [4.78, 5) is 31.9. The normalized spacial score (nSPS) is 20.8. The molecule has 0 aromatic heterocycles. The summed E-state index contributed by atoms with van der Waals surface area (Å²) < 4.78 is 0. The Morgan fingerprint density at radius 2 is 1.96 bits per heavy atom. The number of rotatable bonds is 5. The van der Waals surface area contributed by atoms with Crippen LogP contribution in [0.2, 0.25) is 0 Å². The van der Waals surface area contributed by atoms with Crippen LogP contribution < -0.4 is 5.32 Å². The second-order valence-electron chi connectivity index (χ2n) is 6.60. The molecular weight excluding hydrogens is 318 g/mol. The minimum atomic E-state index is -0.183. The highest BCUT2D eigenvalue weighted by molar-refractivity contribution is 6.39. The third-order valence-electron chi connectivity index (χ3n) is 4.79. The van der Waals surface area contributed by atoms with Crippen LogP contribution in [0.25, 0.3) is 0 Å². The van der Waals surface area contributed by atoms with Gasteiger partial charge in [-0.05, 0) is 24.8 Å². The lowest BCUT2D eigenvalue weighted by atomic mass is 9.95. The molecule has 0 bridgehead atoms. The molecule has 3 rings (SSSR count). The molecule has 0 saturated carbocycles. The van der Waals surface area contributed by atoms with Crippen LogP contribution >= 0.6 is 0 Å². The first kappa shape index (κ1) is 17.5. The van der Waals surface area contributed by atoms with Crippen molar-refractivity contribution in [3.05, 3.63) is 35.9 Å². The van der Waals surface area contributed by atoms with E-state index in [0.29, 0.717) is 44.6 Å². The van der Waals surface area contributed by atoms with Gasteiger partial charge in [-0.1, -0.05) is 42.4 Å². The molecule has 6 nitrogen and oxygen atoms in total. The van der Waals surface area contributed by atoms with Crippen LogP contribution in [0.4, 0.5) is 0 Å². The smallest absolute Gasteiger partial charge is 0.271 e. The van der Waals surface area contributed by atoms with E-state index >= 15 is 0 Å². The molecule has 0 radical (unpaired) electrons. The van der Waals surface area contributed by atoms with E-state index in [0.717, 1.165) is 12.0 Å². The monoisotopic (exact) mass is 343 g/mol. The average molecular weight is 343 g/mol. The number of nitrogens with zero attached hydrogens (tertiary/aromatic N) is 2. The fourth-order valence-electron chi connectivity index (χ4n) is 3.27. The third-order valence-corrected chi connectivity index (χ3v) is 4.79. The maximum absolute atomic E-state index is 12.6. The minimum Gasteiger partial charge on any atom is -0.387 e. The van der Waals surface area contributed by atoms with E-state index in [-0.39, 0.29) is 23.8 Å². The molecule has 2 amide bonds.